The molecule has 0 aliphatic heterocycles. The summed E-state index contributed by atoms with van der Waals surface area (Å²) >= 11 is 0. The van der Waals surface area contributed by atoms with Gasteiger partial charge in [0.1, 0.15) is 0 Å². The summed E-state index contributed by atoms with van der Waals surface area (Å²) in [5.74, 6) is 1.17. The van der Waals surface area contributed by atoms with Crippen molar-refractivity contribution in [1.82, 2.24) is 0 Å². The van der Waals surface area contributed by atoms with Crippen molar-refractivity contribution in [1.29, 1.82) is 0 Å². The van der Waals surface area contributed by atoms with E-state index in [1.807, 2.05) is 6.08 Å². The molecule has 0 atom stereocenters. The van der Waals surface area contributed by atoms with E-state index in [0.717, 1.165) is 0 Å². The van der Waals surface area contributed by atoms with Gasteiger partial charge in [-0.25, -0.2) is 0 Å². The summed E-state index contributed by atoms with van der Waals surface area (Å²) in [4.78, 5) is 0. The van der Waals surface area contributed by atoms with Gasteiger partial charge in [0.05, 0.1) is 0 Å². The molecular weight excluding hydrogens is 168 g/mol. The summed E-state index contributed by atoms with van der Waals surface area (Å²) in [6.07, 6.45) is 1.96. The summed E-state index contributed by atoms with van der Waals surface area (Å²) in [5, 5.41) is 0. The third-order valence-corrected chi connectivity index (χ3v) is 2.62. The van der Waals surface area contributed by atoms with Crippen LogP contribution in [0.15, 0.2) is 24.8 Å². The predicted octanol–water partition coefficient (Wildman–Crippen LogP) is 4.58. The topological polar surface area (TPSA) is 0 Å². The third kappa shape index (κ3) is 2.25. The van der Waals surface area contributed by atoms with Gasteiger partial charge >= 0.3 is 0 Å². The first kappa shape index (κ1) is 11.0. The molecule has 0 saturated carbocycles. The average molecular weight is 188 g/mol. The first-order chi connectivity index (χ1) is 6.56. The van der Waals surface area contributed by atoms with Gasteiger partial charge in [0.25, 0.3) is 0 Å². The molecule has 0 aliphatic rings. The lowest BCUT2D eigenvalue weighted by molar-refractivity contribution is 0.842. The molecule has 76 valence electrons. The molecule has 1 aromatic carbocycles. The molecule has 0 heteroatoms. The second-order valence-electron chi connectivity index (χ2n) is 4.40. The maximum Gasteiger partial charge on any atom is -0.0213 e. The summed E-state index contributed by atoms with van der Waals surface area (Å²) in [5.41, 5.74) is 4.07. The van der Waals surface area contributed by atoms with E-state index in [0.29, 0.717) is 11.8 Å². The van der Waals surface area contributed by atoms with Crippen LogP contribution in [-0.2, 0) is 0 Å². The van der Waals surface area contributed by atoms with E-state index in [2.05, 4.69) is 52.5 Å². The van der Waals surface area contributed by atoms with E-state index in [9.17, 15) is 0 Å². The molecule has 0 saturated heterocycles. The van der Waals surface area contributed by atoms with Gasteiger partial charge in [0.2, 0.25) is 0 Å². The van der Waals surface area contributed by atoms with Crippen LogP contribution >= 0.6 is 0 Å². The molecule has 14 heavy (non-hydrogen) atoms. The Bertz CT molecular complexity index is 319. The Hall–Kier alpha value is -1.04. The van der Waals surface area contributed by atoms with Crippen molar-refractivity contribution in [2.24, 2.45) is 0 Å². The summed E-state index contributed by atoms with van der Waals surface area (Å²) in [7, 11) is 0. The van der Waals surface area contributed by atoms with E-state index < -0.39 is 0 Å². The number of hydrogen-bond acceptors (Lipinski definition) is 0. The summed E-state index contributed by atoms with van der Waals surface area (Å²) in [6, 6.07) is 6.72. The molecule has 0 aromatic heterocycles. The van der Waals surface area contributed by atoms with Crippen LogP contribution in [0.3, 0.4) is 0 Å². The highest BCUT2D eigenvalue weighted by atomic mass is 14.1. The van der Waals surface area contributed by atoms with Crippen LogP contribution in [0.5, 0.6) is 0 Å². The fraction of sp³-hybridized carbons (Fsp3) is 0.429. The summed E-state index contributed by atoms with van der Waals surface area (Å²) in [6.45, 7) is 12.8. The molecular formula is C14H20. The number of rotatable bonds is 3. The minimum absolute atomic E-state index is 0.573. The zero-order valence-electron chi connectivity index (χ0n) is 9.67. The lowest BCUT2D eigenvalue weighted by Crippen LogP contribution is -1.95. The number of hydrogen-bond donors (Lipinski definition) is 0. The second-order valence-corrected chi connectivity index (χ2v) is 4.40. The molecule has 0 fully saturated rings. The molecule has 1 aromatic rings. The second kappa shape index (κ2) is 4.45. The monoisotopic (exact) mass is 188 g/mol. The van der Waals surface area contributed by atoms with Gasteiger partial charge in [-0.1, -0.05) is 58.5 Å². The van der Waals surface area contributed by atoms with Gasteiger partial charge < -0.3 is 0 Å². The Morgan fingerprint density at radius 1 is 1.07 bits per heavy atom. The van der Waals surface area contributed by atoms with Crippen molar-refractivity contribution < 1.29 is 0 Å². The molecule has 0 aliphatic carbocycles. The van der Waals surface area contributed by atoms with E-state index in [4.69, 9.17) is 0 Å². The Kier molecular flexibility index (Phi) is 3.51. The maximum atomic E-state index is 3.87. The molecule has 0 spiro atoms. The zero-order valence-corrected chi connectivity index (χ0v) is 9.67. The van der Waals surface area contributed by atoms with Gasteiger partial charge in [-0.15, -0.1) is 0 Å². The SMILES string of the molecule is C=Cc1cc(C(C)C)ccc1C(C)C. The highest BCUT2D eigenvalue weighted by Gasteiger charge is 2.06. The Morgan fingerprint density at radius 2 is 1.71 bits per heavy atom. The van der Waals surface area contributed by atoms with Crippen molar-refractivity contribution in [3.63, 3.8) is 0 Å². The predicted molar refractivity (Wildman–Crippen MR) is 64.7 cm³/mol. The van der Waals surface area contributed by atoms with Crippen LogP contribution in [-0.4, -0.2) is 0 Å². The standard InChI is InChI=1S/C14H20/c1-6-12-9-13(10(2)3)7-8-14(12)11(4)5/h6-11H,1H2,2-5H3. The molecule has 0 nitrogen and oxygen atoms in total. The van der Waals surface area contributed by atoms with Crippen molar-refractivity contribution >= 4 is 6.08 Å². The van der Waals surface area contributed by atoms with E-state index in [1.165, 1.54) is 16.7 Å². The molecule has 0 radical (unpaired) electrons. The lowest BCUT2D eigenvalue weighted by atomic mass is 9.92. The minimum atomic E-state index is 0.573. The third-order valence-electron chi connectivity index (χ3n) is 2.62. The highest BCUT2D eigenvalue weighted by Crippen LogP contribution is 2.24. The minimum Gasteiger partial charge on any atom is -0.0985 e. The fourth-order valence-corrected chi connectivity index (χ4v) is 1.65. The normalized spacial score (nSPS) is 11.0. The van der Waals surface area contributed by atoms with Crippen LogP contribution < -0.4 is 0 Å². The lowest BCUT2D eigenvalue weighted by Gasteiger charge is -2.13. The average Bonchev–Trinajstić information content (AvgIpc) is 2.16. The Labute approximate surface area is 87.7 Å². The molecule has 0 heterocycles. The van der Waals surface area contributed by atoms with Crippen LogP contribution in [0.2, 0.25) is 0 Å². The van der Waals surface area contributed by atoms with Crippen molar-refractivity contribution in [2.45, 2.75) is 39.5 Å². The van der Waals surface area contributed by atoms with Crippen LogP contribution in [0.25, 0.3) is 6.08 Å². The molecule has 1 rings (SSSR count). The van der Waals surface area contributed by atoms with Crippen LogP contribution in [0, 0.1) is 0 Å². The van der Waals surface area contributed by atoms with Gasteiger partial charge in [0, 0.05) is 0 Å². The Balaban J connectivity index is 3.18. The summed E-state index contributed by atoms with van der Waals surface area (Å²) < 4.78 is 0. The van der Waals surface area contributed by atoms with Crippen molar-refractivity contribution in [2.75, 3.05) is 0 Å². The first-order valence-electron chi connectivity index (χ1n) is 5.32. The van der Waals surface area contributed by atoms with E-state index in [-0.39, 0.29) is 0 Å². The van der Waals surface area contributed by atoms with Gasteiger partial charge in [-0.05, 0) is 28.5 Å². The molecule has 0 amide bonds. The molecule has 0 N–H and O–H groups in total. The van der Waals surface area contributed by atoms with Crippen molar-refractivity contribution in [3.8, 4) is 0 Å². The van der Waals surface area contributed by atoms with Gasteiger partial charge in [0.15, 0.2) is 0 Å². The van der Waals surface area contributed by atoms with Crippen molar-refractivity contribution in [3.05, 3.63) is 41.5 Å². The first-order valence-corrected chi connectivity index (χ1v) is 5.32. The zero-order chi connectivity index (χ0) is 10.7. The quantitative estimate of drug-likeness (QED) is 0.651. The van der Waals surface area contributed by atoms with Gasteiger partial charge in [-0.3, -0.25) is 0 Å². The van der Waals surface area contributed by atoms with E-state index >= 15 is 0 Å². The van der Waals surface area contributed by atoms with E-state index in [1.54, 1.807) is 0 Å². The fourth-order valence-electron chi connectivity index (χ4n) is 1.65. The maximum absolute atomic E-state index is 3.87. The largest absolute Gasteiger partial charge is 0.0985 e. The van der Waals surface area contributed by atoms with Gasteiger partial charge in [-0.2, -0.15) is 0 Å². The number of benzene rings is 1. The highest BCUT2D eigenvalue weighted by molar-refractivity contribution is 5.54. The Morgan fingerprint density at radius 3 is 2.14 bits per heavy atom. The molecule has 0 unspecified atom stereocenters. The van der Waals surface area contributed by atoms with Crippen LogP contribution in [0.1, 0.15) is 56.2 Å². The smallest absolute Gasteiger partial charge is 0.0213 e. The molecule has 0 bridgehead atoms. The van der Waals surface area contributed by atoms with Crippen LogP contribution in [0.4, 0.5) is 0 Å².